The second-order valence-corrected chi connectivity index (χ2v) is 5.92. The number of benzene rings is 2. The van der Waals surface area contributed by atoms with Crippen molar-refractivity contribution in [2.24, 2.45) is 0 Å². The molecule has 1 unspecified atom stereocenters. The van der Waals surface area contributed by atoms with Crippen LogP contribution in [0.3, 0.4) is 0 Å². The highest BCUT2D eigenvalue weighted by Crippen LogP contribution is 2.18. The molecule has 0 aromatic heterocycles. The van der Waals surface area contributed by atoms with Crippen LogP contribution in [0.2, 0.25) is 0 Å². The number of hydrogen-bond donors (Lipinski definition) is 1. The summed E-state index contributed by atoms with van der Waals surface area (Å²) >= 11 is 3.45. The maximum absolute atomic E-state index is 11.8. The van der Waals surface area contributed by atoms with Gasteiger partial charge in [-0.3, -0.25) is 0 Å². The Balaban J connectivity index is 1.65. The highest BCUT2D eigenvalue weighted by molar-refractivity contribution is 9.10. The number of esters is 1. The molecule has 0 fully saturated rings. The molecule has 0 aliphatic carbocycles. The van der Waals surface area contributed by atoms with Crippen LogP contribution >= 0.6 is 15.9 Å². The maximum atomic E-state index is 11.8. The molecule has 2 aromatic carbocycles. The fourth-order valence-electron chi connectivity index (χ4n) is 1.89. The van der Waals surface area contributed by atoms with Gasteiger partial charge in [0.1, 0.15) is 18.1 Å². The zero-order valence-electron chi connectivity index (χ0n) is 13.3. The van der Waals surface area contributed by atoms with E-state index >= 15 is 0 Å². The first kappa shape index (κ1) is 18.3. The Hall–Kier alpha value is -2.05. The van der Waals surface area contributed by atoms with Gasteiger partial charge in [-0.05, 0) is 42.8 Å². The largest absolute Gasteiger partial charge is 0.508 e. The Kier molecular flexibility index (Phi) is 7.08. The summed E-state index contributed by atoms with van der Waals surface area (Å²) in [5, 5.41) is 9.20. The number of rotatable bonds is 8. The van der Waals surface area contributed by atoms with Gasteiger partial charge in [-0.1, -0.05) is 34.1 Å². The van der Waals surface area contributed by atoms with Gasteiger partial charge in [-0.2, -0.15) is 0 Å². The molecular weight excluding hydrogens is 376 g/mol. The van der Waals surface area contributed by atoms with E-state index in [0.29, 0.717) is 19.0 Å². The highest BCUT2D eigenvalue weighted by Gasteiger charge is 2.16. The van der Waals surface area contributed by atoms with Gasteiger partial charge < -0.3 is 19.3 Å². The van der Waals surface area contributed by atoms with Crippen molar-refractivity contribution in [3.63, 3.8) is 0 Å². The molecule has 0 bridgehead atoms. The zero-order chi connectivity index (χ0) is 17.4. The number of carbonyl (C=O) groups is 1. The van der Waals surface area contributed by atoms with Crippen molar-refractivity contribution >= 4 is 21.9 Å². The first-order valence-electron chi connectivity index (χ1n) is 7.49. The van der Waals surface area contributed by atoms with E-state index in [0.717, 1.165) is 10.0 Å². The number of ether oxygens (including phenoxy) is 3. The molecule has 0 saturated carbocycles. The number of halogens is 1. The third kappa shape index (κ3) is 5.86. The second-order valence-electron chi connectivity index (χ2n) is 5.07. The van der Waals surface area contributed by atoms with E-state index in [1.54, 1.807) is 19.1 Å². The van der Waals surface area contributed by atoms with Gasteiger partial charge in [0.05, 0.1) is 13.2 Å². The zero-order valence-corrected chi connectivity index (χ0v) is 14.9. The summed E-state index contributed by atoms with van der Waals surface area (Å²) in [5.74, 6) is 0.162. The van der Waals surface area contributed by atoms with Crippen LogP contribution in [0.15, 0.2) is 53.0 Å². The quantitative estimate of drug-likeness (QED) is 0.546. The lowest BCUT2D eigenvalue weighted by Crippen LogP contribution is -2.27. The van der Waals surface area contributed by atoms with Crippen molar-refractivity contribution in [2.75, 3.05) is 13.2 Å². The fraction of sp³-hybridized carbons (Fsp3) is 0.278. The summed E-state index contributed by atoms with van der Waals surface area (Å²) in [6, 6.07) is 13.9. The predicted molar refractivity (Wildman–Crippen MR) is 93.0 cm³/mol. The van der Waals surface area contributed by atoms with Gasteiger partial charge in [0.25, 0.3) is 0 Å². The molecule has 0 saturated heterocycles. The minimum atomic E-state index is -0.738. The predicted octanol–water partition coefficient (Wildman–Crippen LogP) is 3.68. The van der Waals surface area contributed by atoms with Crippen molar-refractivity contribution in [3.8, 4) is 11.5 Å². The van der Waals surface area contributed by atoms with Crippen molar-refractivity contribution in [3.05, 3.63) is 58.6 Å². The van der Waals surface area contributed by atoms with E-state index in [1.165, 1.54) is 12.1 Å². The molecule has 0 aliphatic rings. The van der Waals surface area contributed by atoms with Crippen LogP contribution < -0.4 is 4.74 Å². The Labute approximate surface area is 149 Å². The molecule has 0 aliphatic heterocycles. The summed E-state index contributed by atoms with van der Waals surface area (Å²) < 4.78 is 17.0. The molecule has 6 heteroatoms. The average molecular weight is 395 g/mol. The molecule has 2 rings (SSSR count). The molecule has 2 aromatic rings. The van der Waals surface area contributed by atoms with E-state index in [4.69, 9.17) is 14.2 Å². The molecular formula is C18H19BrO5. The minimum absolute atomic E-state index is 0.139. The van der Waals surface area contributed by atoms with Crippen LogP contribution in [0.1, 0.15) is 12.5 Å². The van der Waals surface area contributed by atoms with Crippen LogP contribution in [-0.4, -0.2) is 30.4 Å². The SMILES string of the molecule is CC(Oc1ccc(O)cc1)C(=O)OCCOCc1ccccc1Br. The number of phenolic OH excluding ortho intramolecular Hbond substituents is 1. The Morgan fingerprint density at radius 1 is 1.12 bits per heavy atom. The molecule has 0 radical (unpaired) electrons. The van der Waals surface area contributed by atoms with Gasteiger partial charge in [0.2, 0.25) is 0 Å². The van der Waals surface area contributed by atoms with Gasteiger partial charge in [-0.25, -0.2) is 4.79 Å². The van der Waals surface area contributed by atoms with Gasteiger partial charge in [-0.15, -0.1) is 0 Å². The molecule has 0 amide bonds. The smallest absolute Gasteiger partial charge is 0.347 e. The number of carbonyl (C=O) groups excluding carboxylic acids is 1. The van der Waals surface area contributed by atoms with E-state index in [9.17, 15) is 9.90 Å². The lowest BCUT2D eigenvalue weighted by Gasteiger charge is -2.14. The summed E-state index contributed by atoms with van der Waals surface area (Å²) in [5.41, 5.74) is 1.04. The Morgan fingerprint density at radius 2 is 1.83 bits per heavy atom. The average Bonchev–Trinajstić information content (AvgIpc) is 2.58. The molecule has 1 N–H and O–H groups in total. The molecule has 24 heavy (non-hydrogen) atoms. The third-order valence-electron chi connectivity index (χ3n) is 3.17. The maximum Gasteiger partial charge on any atom is 0.347 e. The van der Waals surface area contributed by atoms with E-state index < -0.39 is 12.1 Å². The Morgan fingerprint density at radius 3 is 2.54 bits per heavy atom. The topological polar surface area (TPSA) is 65.0 Å². The summed E-state index contributed by atoms with van der Waals surface area (Å²) in [7, 11) is 0. The van der Waals surface area contributed by atoms with Crippen LogP contribution in [0.5, 0.6) is 11.5 Å². The molecule has 0 heterocycles. The highest BCUT2D eigenvalue weighted by atomic mass is 79.9. The first-order chi connectivity index (χ1) is 11.6. The minimum Gasteiger partial charge on any atom is -0.508 e. The summed E-state index contributed by atoms with van der Waals surface area (Å²) in [6.07, 6.45) is -0.738. The van der Waals surface area contributed by atoms with E-state index in [1.807, 2.05) is 24.3 Å². The standard InChI is InChI=1S/C18H19BrO5/c1-13(24-16-8-6-15(20)7-9-16)18(21)23-11-10-22-12-14-4-2-3-5-17(14)19/h2-9,13,20H,10-12H2,1H3. The normalized spacial score (nSPS) is 11.8. The number of phenols is 1. The summed E-state index contributed by atoms with van der Waals surface area (Å²) in [4.78, 5) is 11.8. The molecule has 128 valence electrons. The fourth-order valence-corrected chi connectivity index (χ4v) is 2.29. The molecule has 0 spiro atoms. The van der Waals surface area contributed by atoms with E-state index in [-0.39, 0.29) is 12.4 Å². The Bertz CT molecular complexity index is 657. The van der Waals surface area contributed by atoms with Crippen LogP contribution in [-0.2, 0) is 20.9 Å². The monoisotopic (exact) mass is 394 g/mol. The van der Waals surface area contributed by atoms with Crippen molar-refractivity contribution in [1.29, 1.82) is 0 Å². The number of hydrogen-bond acceptors (Lipinski definition) is 5. The van der Waals surface area contributed by atoms with Crippen LogP contribution in [0, 0.1) is 0 Å². The molecule has 1 atom stereocenters. The van der Waals surface area contributed by atoms with Gasteiger partial charge in [0.15, 0.2) is 6.10 Å². The lowest BCUT2D eigenvalue weighted by molar-refractivity contribution is -0.152. The second kappa shape index (κ2) is 9.30. The van der Waals surface area contributed by atoms with Crippen molar-refractivity contribution in [2.45, 2.75) is 19.6 Å². The van der Waals surface area contributed by atoms with Crippen LogP contribution in [0.25, 0.3) is 0 Å². The van der Waals surface area contributed by atoms with Crippen LogP contribution in [0.4, 0.5) is 0 Å². The lowest BCUT2D eigenvalue weighted by atomic mass is 10.2. The summed E-state index contributed by atoms with van der Waals surface area (Å²) in [6.45, 7) is 2.52. The van der Waals surface area contributed by atoms with Gasteiger partial charge >= 0.3 is 5.97 Å². The van der Waals surface area contributed by atoms with Gasteiger partial charge in [0, 0.05) is 4.47 Å². The number of aromatic hydroxyl groups is 1. The van der Waals surface area contributed by atoms with Crippen molar-refractivity contribution in [1.82, 2.24) is 0 Å². The third-order valence-corrected chi connectivity index (χ3v) is 3.94. The van der Waals surface area contributed by atoms with Crippen molar-refractivity contribution < 1.29 is 24.1 Å². The van der Waals surface area contributed by atoms with E-state index in [2.05, 4.69) is 15.9 Å². The molecule has 5 nitrogen and oxygen atoms in total. The first-order valence-corrected chi connectivity index (χ1v) is 8.29.